The van der Waals surface area contributed by atoms with Crippen LogP contribution >= 0.6 is 23.2 Å². The molecule has 68 valence electrons. The van der Waals surface area contributed by atoms with Gasteiger partial charge in [-0.05, 0) is 42.3 Å². The molecule has 1 aromatic rings. The van der Waals surface area contributed by atoms with Crippen molar-refractivity contribution in [3.63, 3.8) is 0 Å². The number of carbonyl (C=O) groups is 1. The molecule has 0 aromatic heterocycles. The molecule has 0 atom stereocenters. The number of carbonyl (C=O) groups excluding carboxylic acids is 1. The highest BCUT2D eigenvalue weighted by atomic mass is 35.5. The minimum absolute atomic E-state index is 0.571. The Balaban J connectivity index is 3.15. The summed E-state index contributed by atoms with van der Waals surface area (Å²) < 4.78 is 0. The van der Waals surface area contributed by atoms with Crippen molar-refractivity contribution in [1.29, 1.82) is 0 Å². The van der Waals surface area contributed by atoms with E-state index in [4.69, 9.17) is 23.2 Å². The molecule has 0 saturated heterocycles. The molecular formula is C10H8Cl2O. The van der Waals surface area contributed by atoms with Crippen molar-refractivity contribution in [2.24, 2.45) is 0 Å². The van der Waals surface area contributed by atoms with Gasteiger partial charge in [0.05, 0.1) is 0 Å². The zero-order chi connectivity index (χ0) is 9.84. The van der Waals surface area contributed by atoms with Crippen LogP contribution in [-0.2, 0) is 4.79 Å². The van der Waals surface area contributed by atoms with Gasteiger partial charge in [0.15, 0.2) is 0 Å². The average Bonchev–Trinajstić information content (AvgIpc) is 2.03. The Morgan fingerprint density at radius 2 is 1.77 bits per heavy atom. The van der Waals surface area contributed by atoms with E-state index in [9.17, 15) is 4.79 Å². The van der Waals surface area contributed by atoms with E-state index in [0.29, 0.717) is 10.0 Å². The second kappa shape index (κ2) is 4.45. The summed E-state index contributed by atoms with van der Waals surface area (Å²) >= 11 is 11.6. The van der Waals surface area contributed by atoms with Crippen LogP contribution in [0.25, 0.3) is 5.57 Å². The SMILES string of the molecule is C/C(=C\C=O)c1cc(Cl)cc(Cl)c1. The lowest BCUT2D eigenvalue weighted by molar-refractivity contribution is -0.104. The van der Waals surface area contributed by atoms with E-state index in [2.05, 4.69) is 0 Å². The molecule has 0 N–H and O–H groups in total. The second-order valence-corrected chi connectivity index (χ2v) is 3.52. The fourth-order valence-electron chi connectivity index (χ4n) is 0.980. The summed E-state index contributed by atoms with van der Waals surface area (Å²) in [7, 11) is 0. The summed E-state index contributed by atoms with van der Waals surface area (Å²) in [6.45, 7) is 1.83. The lowest BCUT2D eigenvalue weighted by Crippen LogP contribution is -1.80. The first-order valence-corrected chi connectivity index (χ1v) is 4.47. The normalized spacial score (nSPS) is 11.5. The van der Waals surface area contributed by atoms with Crippen LogP contribution in [0.4, 0.5) is 0 Å². The van der Waals surface area contributed by atoms with Crippen LogP contribution in [-0.4, -0.2) is 6.29 Å². The van der Waals surface area contributed by atoms with E-state index in [1.54, 1.807) is 18.2 Å². The Labute approximate surface area is 87.0 Å². The molecule has 3 heteroatoms. The molecule has 0 amide bonds. The molecule has 0 bridgehead atoms. The largest absolute Gasteiger partial charge is 0.299 e. The first-order valence-electron chi connectivity index (χ1n) is 3.72. The van der Waals surface area contributed by atoms with Gasteiger partial charge in [0.1, 0.15) is 6.29 Å². The Hall–Kier alpha value is -0.790. The minimum Gasteiger partial charge on any atom is -0.299 e. The van der Waals surface area contributed by atoms with Gasteiger partial charge in [0, 0.05) is 10.0 Å². The van der Waals surface area contributed by atoms with Gasteiger partial charge in [-0.2, -0.15) is 0 Å². The van der Waals surface area contributed by atoms with Crippen molar-refractivity contribution < 1.29 is 4.79 Å². The van der Waals surface area contributed by atoms with E-state index >= 15 is 0 Å². The first kappa shape index (κ1) is 10.3. The molecule has 1 aromatic carbocycles. The zero-order valence-electron chi connectivity index (χ0n) is 7.05. The van der Waals surface area contributed by atoms with Crippen LogP contribution in [0.15, 0.2) is 24.3 Å². The van der Waals surface area contributed by atoms with Gasteiger partial charge in [0.2, 0.25) is 0 Å². The van der Waals surface area contributed by atoms with Crippen LogP contribution in [0.1, 0.15) is 12.5 Å². The summed E-state index contributed by atoms with van der Waals surface area (Å²) in [5.74, 6) is 0. The molecule has 0 heterocycles. The quantitative estimate of drug-likeness (QED) is 0.544. The lowest BCUT2D eigenvalue weighted by atomic mass is 10.1. The molecule has 0 unspecified atom stereocenters. The third-order valence-electron chi connectivity index (χ3n) is 1.64. The Morgan fingerprint density at radius 1 is 1.23 bits per heavy atom. The zero-order valence-corrected chi connectivity index (χ0v) is 8.56. The number of rotatable bonds is 2. The number of hydrogen-bond donors (Lipinski definition) is 0. The third kappa shape index (κ3) is 2.87. The highest BCUT2D eigenvalue weighted by molar-refractivity contribution is 6.34. The number of aldehydes is 1. The predicted molar refractivity (Wildman–Crippen MR) is 56.2 cm³/mol. The Bertz CT molecular complexity index is 336. The summed E-state index contributed by atoms with van der Waals surface area (Å²) in [5, 5.41) is 1.14. The first-order chi connectivity index (χ1) is 6.13. The molecule has 13 heavy (non-hydrogen) atoms. The molecule has 1 rings (SSSR count). The molecule has 0 spiro atoms. The standard InChI is InChI=1S/C10H8Cl2O/c1-7(2-3-13)8-4-9(11)6-10(12)5-8/h2-6H,1H3/b7-2+. The van der Waals surface area contributed by atoms with Crippen molar-refractivity contribution in [1.82, 2.24) is 0 Å². The second-order valence-electron chi connectivity index (χ2n) is 2.64. The Morgan fingerprint density at radius 3 is 2.23 bits per heavy atom. The highest BCUT2D eigenvalue weighted by Gasteiger charge is 1.99. The summed E-state index contributed by atoms with van der Waals surface area (Å²) in [4.78, 5) is 10.2. The molecule has 0 radical (unpaired) electrons. The number of allylic oxidation sites excluding steroid dienone is 2. The Kier molecular flexibility index (Phi) is 3.52. The lowest BCUT2D eigenvalue weighted by Gasteiger charge is -2.01. The number of benzene rings is 1. The molecule has 0 aliphatic rings. The summed E-state index contributed by atoms with van der Waals surface area (Å²) in [6, 6.07) is 5.19. The van der Waals surface area contributed by atoms with Crippen LogP contribution < -0.4 is 0 Å². The summed E-state index contributed by atoms with van der Waals surface area (Å²) in [5.41, 5.74) is 1.71. The molecule has 0 fully saturated rings. The maximum atomic E-state index is 10.2. The fourth-order valence-corrected chi connectivity index (χ4v) is 1.51. The van der Waals surface area contributed by atoms with Crippen LogP contribution in [0.5, 0.6) is 0 Å². The molecular weight excluding hydrogens is 207 g/mol. The van der Waals surface area contributed by atoms with Crippen LogP contribution in [0.3, 0.4) is 0 Å². The topological polar surface area (TPSA) is 17.1 Å². The van der Waals surface area contributed by atoms with Gasteiger partial charge < -0.3 is 0 Å². The van der Waals surface area contributed by atoms with Gasteiger partial charge in [-0.1, -0.05) is 23.2 Å². The third-order valence-corrected chi connectivity index (χ3v) is 2.07. The fraction of sp³-hybridized carbons (Fsp3) is 0.100. The van der Waals surface area contributed by atoms with Crippen LogP contribution in [0.2, 0.25) is 10.0 Å². The maximum absolute atomic E-state index is 10.2. The van der Waals surface area contributed by atoms with E-state index in [1.165, 1.54) is 6.08 Å². The average molecular weight is 215 g/mol. The number of halogens is 2. The van der Waals surface area contributed by atoms with Gasteiger partial charge in [-0.15, -0.1) is 0 Å². The smallest absolute Gasteiger partial charge is 0.143 e. The monoisotopic (exact) mass is 214 g/mol. The van der Waals surface area contributed by atoms with Gasteiger partial charge in [-0.3, -0.25) is 4.79 Å². The van der Waals surface area contributed by atoms with Gasteiger partial charge in [0.25, 0.3) is 0 Å². The predicted octanol–water partition coefficient (Wildman–Crippen LogP) is 3.60. The van der Waals surface area contributed by atoms with Crippen molar-refractivity contribution in [2.45, 2.75) is 6.92 Å². The maximum Gasteiger partial charge on any atom is 0.143 e. The van der Waals surface area contributed by atoms with Crippen LogP contribution in [0, 0.1) is 0 Å². The summed E-state index contributed by atoms with van der Waals surface area (Å²) in [6.07, 6.45) is 2.21. The van der Waals surface area contributed by atoms with E-state index in [0.717, 1.165) is 17.4 Å². The molecule has 0 aliphatic heterocycles. The van der Waals surface area contributed by atoms with Crippen molar-refractivity contribution in [3.05, 3.63) is 39.9 Å². The van der Waals surface area contributed by atoms with Crippen molar-refractivity contribution >= 4 is 35.1 Å². The van der Waals surface area contributed by atoms with Crippen molar-refractivity contribution in [2.75, 3.05) is 0 Å². The molecule has 0 saturated carbocycles. The van der Waals surface area contributed by atoms with E-state index in [1.807, 2.05) is 6.92 Å². The molecule has 1 nitrogen and oxygen atoms in total. The minimum atomic E-state index is 0.571. The van der Waals surface area contributed by atoms with Crippen molar-refractivity contribution in [3.8, 4) is 0 Å². The van der Waals surface area contributed by atoms with Gasteiger partial charge in [-0.25, -0.2) is 0 Å². The van der Waals surface area contributed by atoms with E-state index < -0.39 is 0 Å². The van der Waals surface area contributed by atoms with E-state index in [-0.39, 0.29) is 0 Å². The molecule has 0 aliphatic carbocycles. The highest BCUT2D eigenvalue weighted by Crippen LogP contribution is 2.23. The van der Waals surface area contributed by atoms with Gasteiger partial charge >= 0.3 is 0 Å². The number of hydrogen-bond acceptors (Lipinski definition) is 1.